The molecule has 2 aliphatic heterocycles. The number of hydrogen-bond donors (Lipinski definition) is 2. The highest BCUT2D eigenvalue weighted by Gasteiger charge is 2.27. The molecule has 1 aliphatic carbocycles. The van der Waals surface area contributed by atoms with Crippen molar-refractivity contribution in [1.82, 2.24) is 35.0 Å². The highest BCUT2D eigenvalue weighted by molar-refractivity contribution is 5.90. The number of halogens is 1. The van der Waals surface area contributed by atoms with Gasteiger partial charge >= 0.3 is 0 Å². The van der Waals surface area contributed by atoms with Crippen LogP contribution in [0.5, 0.6) is 0 Å². The number of aromatic nitrogens is 4. The molecule has 0 spiro atoms. The first-order valence-electron chi connectivity index (χ1n) is 12.4. The third-order valence-electron chi connectivity index (χ3n) is 6.06. The van der Waals surface area contributed by atoms with Crippen LogP contribution in [0.3, 0.4) is 0 Å². The number of nitrogens with one attached hydrogen (secondary N) is 1. The minimum Gasteiger partial charge on any atom is -0.383 e. The van der Waals surface area contributed by atoms with Gasteiger partial charge in [0.15, 0.2) is 5.65 Å². The van der Waals surface area contributed by atoms with Crippen molar-refractivity contribution in [2.75, 3.05) is 19.4 Å². The van der Waals surface area contributed by atoms with Crippen molar-refractivity contribution in [1.29, 1.82) is 0 Å². The van der Waals surface area contributed by atoms with E-state index in [0.29, 0.717) is 52.8 Å². The van der Waals surface area contributed by atoms with Crippen LogP contribution in [0.2, 0.25) is 0 Å². The van der Waals surface area contributed by atoms with Gasteiger partial charge < -0.3 is 16.0 Å². The van der Waals surface area contributed by atoms with Gasteiger partial charge in [-0.25, -0.2) is 24.1 Å². The molecule has 0 radical (unpaired) electrons. The molecule has 1 fully saturated rings. The van der Waals surface area contributed by atoms with Crippen LogP contribution in [0.25, 0.3) is 11.0 Å². The summed E-state index contributed by atoms with van der Waals surface area (Å²) in [7, 11) is 1.64. The van der Waals surface area contributed by atoms with Gasteiger partial charge in [-0.3, -0.25) is 4.84 Å². The molecule has 5 rings (SSSR count). The van der Waals surface area contributed by atoms with Gasteiger partial charge in [0.25, 0.3) is 0 Å². The van der Waals surface area contributed by atoms with E-state index in [9.17, 15) is 4.39 Å². The number of hydroxylamine groups is 2. The number of nitrogens with zero attached hydrogens (tertiary/aromatic N) is 6. The molecule has 2 aromatic heterocycles. The van der Waals surface area contributed by atoms with Gasteiger partial charge in [-0.05, 0) is 45.1 Å². The molecule has 0 bridgehead atoms. The van der Waals surface area contributed by atoms with Crippen LogP contribution in [0.1, 0.15) is 38.8 Å². The fourth-order valence-electron chi connectivity index (χ4n) is 4.09. The normalized spacial score (nSPS) is 20.5. The molecule has 3 aliphatic rings. The zero-order chi connectivity index (χ0) is 26.4. The standard InChI is InChI=1S/C21H25FN8O.C6H8/c1-5-29-21-18(20(23)24-12-25-21)16(27-29)7-6-15-10-17(19(22)28(4)11-15)26-14(3)30-13(2)8-9-31-30;1-2-4-6-5-3-1/h10-13,19,26H,3,5,8-9H2,1-2,4H3,(H2,23,24,25);1-4H,5-6H2/t13-,19?;/m0./s1. The van der Waals surface area contributed by atoms with Gasteiger partial charge in [-0.15, -0.1) is 0 Å². The Hall–Kier alpha value is -4.10. The van der Waals surface area contributed by atoms with Gasteiger partial charge in [0, 0.05) is 25.4 Å². The SMILES string of the molecule is C1=CCCC=C1.C=C(NC1=CC(C#Cc2nn(CC)c3ncnc(N)c23)=CN(C)C1F)N1OCC[C@@H]1C. The number of rotatable bonds is 4. The molecular formula is C27H33FN8O. The molecular weight excluding hydrogens is 471 g/mol. The van der Waals surface area contributed by atoms with E-state index in [1.54, 1.807) is 29.1 Å². The second kappa shape index (κ2) is 11.8. The second-order valence-corrected chi connectivity index (χ2v) is 8.86. The Bertz CT molecular complexity index is 1320. The summed E-state index contributed by atoms with van der Waals surface area (Å²) in [6, 6.07) is 0.171. The maximum absolute atomic E-state index is 14.8. The van der Waals surface area contributed by atoms with Crippen LogP contribution in [0.15, 0.2) is 66.6 Å². The predicted octanol–water partition coefficient (Wildman–Crippen LogP) is 3.77. The molecule has 0 aromatic carbocycles. The molecule has 194 valence electrons. The third kappa shape index (κ3) is 6.01. The second-order valence-electron chi connectivity index (χ2n) is 8.86. The molecule has 2 aromatic rings. The Morgan fingerprint density at radius 2 is 2.03 bits per heavy atom. The smallest absolute Gasteiger partial charge is 0.212 e. The predicted molar refractivity (Wildman–Crippen MR) is 143 cm³/mol. The molecule has 37 heavy (non-hydrogen) atoms. The zero-order valence-corrected chi connectivity index (χ0v) is 21.5. The number of anilines is 1. The van der Waals surface area contributed by atoms with Crippen molar-refractivity contribution in [2.45, 2.75) is 52.0 Å². The Morgan fingerprint density at radius 3 is 2.65 bits per heavy atom. The monoisotopic (exact) mass is 504 g/mol. The fraction of sp³-hybridized carbons (Fsp3) is 0.370. The van der Waals surface area contributed by atoms with Crippen LogP contribution >= 0.6 is 0 Å². The average Bonchev–Trinajstić information content (AvgIpc) is 3.51. The fourth-order valence-corrected chi connectivity index (χ4v) is 4.09. The molecule has 0 amide bonds. The first kappa shape index (κ1) is 26.0. The molecule has 1 saturated heterocycles. The highest BCUT2D eigenvalue weighted by Crippen LogP contribution is 2.24. The van der Waals surface area contributed by atoms with E-state index in [1.807, 2.05) is 13.8 Å². The van der Waals surface area contributed by atoms with E-state index in [2.05, 4.69) is 63.1 Å². The van der Waals surface area contributed by atoms with Gasteiger partial charge in [0.1, 0.15) is 23.7 Å². The minimum absolute atomic E-state index is 0.171. The first-order valence-corrected chi connectivity index (χ1v) is 12.4. The lowest BCUT2D eigenvalue weighted by Gasteiger charge is -2.30. The quantitative estimate of drug-likeness (QED) is 0.480. The molecule has 2 atom stereocenters. The Kier molecular flexibility index (Phi) is 8.25. The van der Waals surface area contributed by atoms with Crippen molar-refractivity contribution < 1.29 is 9.23 Å². The first-order chi connectivity index (χ1) is 17.9. The number of alkyl halides is 1. The van der Waals surface area contributed by atoms with E-state index >= 15 is 0 Å². The Morgan fingerprint density at radius 1 is 1.27 bits per heavy atom. The van der Waals surface area contributed by atoms with Crippen molar-refractivity contribution in [2.24, 2.45) is 0 Å². The summed E-state index contributed by atoms with van der Waals surface area (Å²) in [6.45, 7) is 9.20. The van der Waals surface area contributed by atoms with Gasteiger partial charge in [0.2, 0.25) is 6.30 Å². The van der Waals surface area contributed by atoms with E-state index < -0.39 is 6.30 Å². The zero-order valence-electron chi connectivity index (χ0n) is 21.5. The van der Waals surface area contributed by atoms with Gasteiger partial charge in [-0.1, -0.05) is 36.8 Å². The van der Waals surface area contributed by atoms with E-state index in [4.69, 9.17) is 10.6 Å². The molecule has 4 heterocycles. The van der Waals surface area contributed by atoms with Gasteiger partial charge in [-0.2, -0.15) is 5.10 Å². The van der Waals surface area contributed by atoms with Crippen molar-refractivity contribution in [3.63, 3.8) is 0 Å². The lowest BCUT2D eigenvalue weighted by molar-refractivity contribution is -0.102. The van der Waals surface area contributed by atoms with Crippen LogP contribution < -0.4 is 11.1 Å². The third-order valence-corrected chi connectivity index (χ3v) is 6.06. The summed E-state index contributed by atoms with van der Waals surface area (Å²) in [5.41, 5.74) is 8.08. The van der Waals surface area contributed by atoms with Crippen LogP contribution in [0, 0.1) is 11.8 Å². The van der Waals surface area contributed by atoms with Gasteiger partial charge in [0.05, 0.1) is 23.7 Å². The lowest BCUT2D eigenvalue weighted by Crippen LogP contribution is -2.38. The Balaban J connectivity index is 0.000000469. The van der Waals surface area contributed by atoms with Crippen molar-refractivity contribution in [3.8, 4) is 11.8 Å². The molecule has 10 heteroatoms. The van der Waals surface area contributed by atoms with E-state index in [-0.39, 0.29) is 6.04 Å². The number of hydrogen-bond acceptors (Lipinski definition) is 8. The van der Waals surface area contributed by atoms with Crippen LogP contribution in [0.4, 0.5) is 10.2 Å². The summed E-state index contributed by atoms with van der Waals surface area (Å²) in [5.74, 6) is 6.89. The summed E-state index contributed by atoms with van der Waals surface area (Å²) in [4.78, 5) is 15.3. The lowest BCUT2D eigenvalue weighted by atomic mass is 10.1. The highest BCUT2D eigenvalue weighted by atomic mass is 19.1. The largest absolute Gasteiger partial charge is 0.383 e. The number of nitrogens with two attached hydrogens (primary N) is 1. The summed E-state index contributed by atoms with van der Waals surface area (Å²) in [6.07, 6.45) is 15.2. The number of likely N-dealkylation sites (N-methyl/N-ethyl adjacent to an activating group) is 1. The molecule has 3 N–H and O–H groups in total. The van der Waals surface area contributed by atoms with Crippen molar-refractivity contribution >= 4 is 16.9 Å². The summed E-state index contributed by atoms with van der Waals surface area (Å²) < 4.78 is 16.5. The van der Waals surface area contributed by atoms with E-state index in [0.717, 1.165) is 6.42 Å². The number of nitrogen functional groups attached to an aromatic ring is 1. The summed E-state index contributed by atoms with van der Waals surface area (Å²) in [5, 5.41) is 9.80. The van der Waals surface area contributed by atoms with E-state index in [1.165, 1.54) is 24.1 Å². The number of fused-ring (bicyclic) bond motifs is 1. The summed E-state index contributed by atoms with van der Waals surface area (Å²) >= 11 is 0. The topological polar surface area (TPSA) is 97.4 Å². The maximum Gasteiger partial charge on any atom is 0.212 e. The van der Waals surface area contributed by atoms with Crippen LogP contribution in [-0.2, 0) is 11.4 Å². The molecule has 0 saturated carbocycles. The Labute approximate surface area is 216 Å². The number of aryl methyl sites for hydroxylation is 1. The number of allylic oxidation sites excluding steroid dienone is 6. The molecule has 9 nitrogen and oxygen atoms in total. The minimum atomic E-state index is -1.36. The molecule has 1 unspecified atom stereocenters. The van der Waals surface area contributed by atoms with Crippen molar-refractivity contribution in [3.05, 3.63) is 72.3 Å². The average molecular weight is 505 g/mol. The maximum atomic E-state index is 14.8. The van der Waals surface area contributed by atoms with Crippen LogP contribution in [-0.4, -0.2) is 55.7 Å².